The quantitative estimate of drug-likeness (QED) is 0.659. The molecule has 1 heterocycles. The average molecular weight is 424 g/mol. The van der Waals surface area contributed by atoms with Gasteiger partial charge in [0, 0.05) is 18.2 Å². The number of benzene rings is 2. The maximum absolute atomic E-state index is 12.3. The third-order valence-corrected chi connectivity index (χ3v) is 5.95. The number of sulfonamides is 1. The summed E-state index contributed by atoms with van der Waals surface area (Å²) >= 11 is 11.7. The summed E-state index contributed by atoms with van der Waals surface area (Å²) in [6.07, 6.45) is 0. The molecule has 140 valence electrons. The lowest BCUT2D eigenvalue weighted by Gasteiger charge is -2.10. The number of rotatable bonds is 6. The summed E-state index contributed by atoms with van der Waals surface area (Å²) < 4.78 is 28.3. The van der Waals surface area contributed by atoms with E-state index in [4.69, 9.17) is 23.2 Å². The first-order valence-corrected chi connectivity index (χ1v) is 10.2. The maximum Gasteiger partial charge on any atom is 0.266 e. The van der Waals surface area contributed by atoms with E-state index < -0.39 is 10.0 Å². The van der Waals surface area contributed by atoms with E-state index in [1.807, 2.05) is 30.3 Å². The molecule has 9 heteroatoms. The predicted molar refractivity (Wildman–Crippen MR) is 106 cm³/mol. The lowest BCUT2D eigenvalue weighted by molar-refractivity contribution is 0.549. The number of aromatic nitrogens is 2. The molecular formula is C18H15Cl2N3O3S. The van der Waals surface area contributed by atoms with Crippen LogP contribution in [0.1, 0.15) is 0 Å². The highest BCUT2D eigenvalue weighted by molar-refractivity contribution is 7.89. The molecule has 0 aliphatic carbocycles. The largest absolute Gasteiger partial charge is 0.268 e. The van der Waals surface area contributed by atoms with Crippen LogP contribution in [0.3, 0.4) is 0 Å². The van der Waals surface area contributed by atoms with Crippen LogP contribution >= 0.6 is 23.2 Å². The summed E-state index contributed by atoms with van der Waals surface area (Å²) in [5.41, 5.74) is 1.17. The number of halogens is 2. The molecule has 0 saturated carbocycles. The van der Waals surface area contributed by atoms with Crippen LogP contribution in [0.15, 0.2) is 70.4 Å². The molecule has 0 bridgehead atoms. The van der Waals surface area contributed by atoms with Gasteiger partial charge in [0.25, 0.3) is 5.56 Å². The summed E-state index contributed by atoms with van der Waals surface area (Å²) in [5, 5.41) is 4.71. The Hall–Kier alpha value is -2.19. The summed E-state index contributed by atoms with van der Waals surface area (Å²) in [4.78, 5) is 12.0. The fraction of sp³-hybridized carbons (Fsp3) is 0.111. The van der Waals surface area contributed by atoms with Crippen molar-refractivity contribution in [1.29, 1.82) is 0 Å². The molecule has 0 unspecified atom stereocenters. The molecular weight excluding hydrogens is 409 g/mol. The predicted octanol–water partition coefficient (Wildman–Crippen LogP) is 3.20. The Morgan fingerprint density at radius 1 is 0.963 bits per heavy atom. The second-order valence-corrected chi connectivity index (χ2v) is 8.20. The van der Waals surface area contributed by atoms with Gasteiger partial charge in [-0.05, 0) is 24.3 Å². The molecule has 0 aliphatic heterocycles. The smallest absolute Gasteiger partial charge is 0.266 e. The second-order valence-electron chi connectivity index (χ2n) is 5.62. The van der Waals surface area contributed by atoms with Gasteiger partial charge in [0.05, 0.1) is 27.2 Å². The second kappa shape index (κ2) is 8.22. The molecule has 0 saturated heterocycles. The van der Waals surface area contributed by atoms with Crippen LogP contribution in [-0.2, 0) is 16.6 Å². The average Bonchev–Trinajstić information content (AvgIpc) is 2.66. The highest BCUT2D eigenvalue weighted by atomic mass is 35.5. The van der Waals surface area contributed by atoms with E-state index in [1.54, 1.807) is 6.07 Å². The minimum Gasteiger partial charge on any atom is -0.268 e. The van der Waals surface area contributed by atoms with Crippen LogP contribution in [0.2, 0.25) is 10.0 Å². The highest BCUT2D eigenvalue weighted by Crippen LogP contribution is 2.24. The van der Waals surface area contributed by atoms with Gasteiger partial charge < -0.3 is 0 Å². The Kier molecular flexibility index (Phi) is 5.96. The van der Waals surface area contributed by atoms with Crippen LogP contribution in [0.25, 0.3) is 11.3 Å². The molecule has 27 heavy (non-hydrogen) atoms. The van der Waals surface area contributed by atoms with Crippen LogP contribution in [0.5, 0.6) is 0 Å². The van der Waals surface area contributed by atoms with Crippen molar-refractivity contribution in [3.8, 4) is 11.3 Å². The first kappa shape index (κ1) is 19.6. The highest BCUT2D eigenvalue weighted by Gasteiger charge is 2.15. The lowest BCUT2D eigenvalue weighted by atomic mass is 10.1. The van der Waals surface area contributed by atoms with Crippen molar-refractivity contribution >= 4 is 33.2 Å². The van der Waals surface area contributed by atoms with Gasteiger partial charge in [-0.15, -0.1) is 0 Å². The van der Waals surface area contributed by atoms with Gasteiger partial charge in [-0.1, -0.05) is 53.5 Å². The fourth-order valence-electron chi connectivity index (χ4n) is 2.39. The third-order valence-electron chi connectivity index (χ3n) is 3.75. The number of nitrogens with one attached hydrogen (secondary N) is 1. The molecule has 3 rings (SSSR count). The molecule has 0 spiro atoms. The zero-order valence-electron chi connectivity index (χ0n) is 14.0. The summed E-state index contributed by atoms with van der Waals surface area (Å²) in [7, 11) is -3.78. The van der Waals surface area contributed by atoms with E-state index in [1.165, 1.54) is 28.9 Å². The van der Waals surface area contributed by atoms with Crippen molar-refractivity contribution in [2.45, 2.75) is 11.4 Å². The Morgan fingerprint density at radius 3 is 2.41 bits per heavy atom. The van der Waals surface area contributed by atoms with Gasteiger partial charge >= 0.3 is 0 Å². The van der Waals surface area contributed by atoms with E-state index in [0.717, 1.165) is 5.56 Å². The molecule has 0 aliphatic rings. The molecule has 0 radical (unpaired) electrons. The molecule has 3 aromatic rings. The minimum absolute atomic E-state index is 0.00441. The zero-order valence-corrected chi connectivity index (χ0v) is 16.3. The monoisotopic (exact) mass is 423 g/mol. The van der Waals surface area contributed by atoms with Gasteiger partial charge in [0.2, 0.25) is 10.0 Å². The summed E-state index contributed by atoms with van der Waals surface area (Å²) in [6.45, 7) is 0.0772. The molecule has 0 fully saturated rings. The van der Waals surface area contributed by atoms with Crippen molar-refractivity contribution in [1.82, 2.24) is 14.5 Å². The minimum atomic E-state index is -3.78. The Labute approximate surface area is 166 Å². The van der Waals surface area contributed by atoms with E-state index in [0.29, 0.717) is 5.69 Å². The molecule has 6 nitrogen and oxygen atoms in total. The van der Waals surface area contributed by atoms with Gasteiger partial charge in [0.15, 0.2) is 0 Å². The molecule has 2 aromatic carbocycles. The SMILES string of the molecule is O=c1ccc(-c2ccccc2)nn1CCNS(=O)(=O)c1ccc(Cl)c(Cl)c1. The molecule has 1 aromatic heterocycles. The van der Waals surface area contributed by atoms with Gasteiger partial charge in [-0.3, -0.25) is 4.79 Å². The summed E-state index contributed by atoms with van der Waals surface area (Å²) in [6, 6.07) is 16.5. The molecule has 1 N–H and O–H groups in total. The normalized spacial score (nSPS) is 11.5. The summed E-state index contributed by atoms with van der Waals surface area (Å²) in [5.74, 6) is 0. The number of hydrogen-bond acceptors (Lipinski definition) is 4. The van der Waals surface area contributed by atoms with Gasteiger partial charge in [-0.2, -0.15) is 5.10 Å². The van der Waals surface area contributed by atoms with E-state index in [2.05, 4.69) is 9.82 Å². The number of nitrogens with zero attached hydrogens (tertiary/aromatic N) is 2. The first-order chi connectivity index (χ1) is 12.9. The van der Waals surface area contributed by atoms with Crippen LogP contribution in [-0.4, -0.2) is 24.7 Å². The Bertz CT molecular complexity index is 1120. The third kappa shape index (κ3) is 4.75. The van der Waals surface area contributed by atoms with Crippen LogP contribution < -0.4 is 10.3 Å². The standard InChI is InChI=1S/C18H15Cl2N3O3S/c19-15-7-6-14(12-16(15)20)27(25,26)21-10-11-23-18(24)9-8-17(22-23)13-4-2-1-3-5-13/h1-9,12,21H,10-11H2. The van der Waals surface area contributed by atoms with E-state index in [9.17, 15) is 13.2 Å². The first-order valence-electron chi connectivity index (χ1n) is 7.95. The Morgan fingerprint density at radius 2 is 1.70 bits per heavy atom. The van der Waals surface area contributed by atoms with Gasteiger partial charge in [-0.25, -0.2) is 17.8 Å². The van der Waals surface area contributed by atoms with E-state index in [-0.39, 0.29) is 33.6 Å². The van der Waals surface area contributed by atoms with Crippen LogP contribution in [0, 0.1) is 0 Å². The van der Waals surface area contributed by atoms with E-state index >= 15 is 0 Å². The van der Waals surface area contributed by atoms with Crippen LogP contribution in [0.4, 0.5) is 0 Å². The van der Waals surface area contributed by atoms with Gasteiger partial charge in [0.1, 0.15) is 0 Å². The molecule has 0 amide bonds. The topological polar surface area (TPSA) is 81.1 Å². The van der Waals surface area contributed by atoms with Crippen molar-refractivity contribution in [3.63, 3.8) is 0 Å². The maximum atomic E-state index is 12.3. The zero-order chi connectivity index (χ0) is 19.4. The lowest BCUT2D eigenvalue weighted by Crippen LogP contribution is -2.32. The fourth-order valence-corrected chi connectivity index (χ4v) is 3.79. The van der Waals surface area contributed by atoms with Crippen molar-refractivity contribution in [2.24, 2.45) is 0 Å². The van der Waals surface area contributed by atoms with Crippen molar-refractivity contribution in [2.75, 3.05) is 6.54 Å². The van der Waals surface area contributed by atoms with Crippen molar-refractivity contribution < 1.29 is 8.42 Å². The Balaban J connectivity index is 1.73. The van der Waals surface area contributed by atoms with Crippen molar-refractivity contribution in [3.05, 3.63) is 81.1 Å². The molecule has 0 atom stereocenters. The number of hydrogen-bond donors (Lipinski definition) is 1.